The smallest absolute Gasteiger partial charge is 0.331 e. The van der Waals surface area contributed by atoms with E-state index in [0.717, 1.165) is 4.90 Å². The lowest BCUT2D eigenvalue weighted by atomic mass is 10.1. The van der Waals surface area contributed by atoms with Crippen molar-refractivity contribution in [2.24, 2.45) is 0 Å². The summed E-state index contributed by atoms with van der Waals surface area (Å²) in [7, 11) is 3.03. The van der Waals surface area contributed by atoms with Gasteiger partial charge in [0.25, 0.3) is 0 Å². The molecule has 1 aromatic heterocycles. The zero-order valence-electron chi connectivity index (χ0n) is 17.2. The summed E-state index contributed by atoms with van der Waals surface area (Å²) in [5.41, 5.74) is 1.23. The zero-order chi connectivity index (χ0) is 23.0. The summed E-state index contributed by atoms with van der Waals surface area (Å²) in [4.78, 5) is 32.6. The average Bonchev–Trinajstić information content (AvgIpc) is 2.79. The van der Waals surface area contributed by atoms with Gasteiger partial charge in [-0.15, -0.1) is 0 Å². The van der Waals surface area contributed by atoms with Crippen molar-refractivity contribution in [2.45, 2.75) is 13.0 Å². The number of ether oxygens (including phenoxy) is 2. The van der Waals surface area contributed by atoms with Gasteiger partial charge in [0.2, 0.25) is 5.91 Å². The number of halogens is 3. The normalized spacial score (nSPS) is 14.3. The predicted molar refractivity (Wildman–Crippen MR) is 122 cm³/mol. The monoisotopic (exact) mass is 521 g/mol. The second-order valence-corrected chi connectivity index (χ2v) is 8.28. The average molecular weight is 523 g/mol. The van der Waals surface area contributed by atoms with Crippen molar-refractivity contribution >= 4 is 56.1 Å². The van der Waals surface area contributed by atoms with E-state index in [1.807, 2.05) is 0 Å². The van der Waals surface area contributed by atoms with Crippen molar-refractivity contribution in [3.05, 3.63) is 57.4 Å². The standard InChI is InChI=1S/C22H18BrClFN3O4/c1-31-13-4-3-12(18(9-13)32-2)11-28-19(29)7-8-27(22(28)30)17-10-14-16(26-21(17)24)6-5-15(23)20(14)25/h3-6,9-10H,7-8,11H2,1-2H3. The Bertz CT molecular complexity index is 1240. The number of fused-ring (bicyclic) bond motifs is 1. The number of hydrogen-bond donors (Lipinski definition) is 0. The van der Waals surface area contributed by atoms with Crippen molar-refractivity contribution in [3.63, 3.8) is 0 Å². The summed E-state index contributed by atoms with van der Waals surface area (Å²) in [6.45, 7) is 0.107. The van der Waals surface area contributed by atoms with Gasteiger partial charge in [-0.25, -0.2) is 14.2 Å². The van der Waals surface area contributed by atoms with Gasteiger partial charge in [0, 0.05) is 30.0 Å². The maximum atomic E-state index is 14.6. The molecule has 3 amide bonds. The number of rotatable bonds is 5. The van der Waals surface area contributed by atoms with Gasteiger partial charge in [-0.05, 0) is 46.3 Å². The van der Waals surface area contributed by atoms with E-state index in [2.05, 4.69) is 20.9 Å². The highest BCUT2D eigenvalue weighted by Gasteiger charge is 2.35. The topological polar surface area (TPSA) is 72.0 Å². The lowest BCUT2D eigenvalue weighted by Gasteiger charge is -2.34. The van der Waals surface area contributed by atoms with Crippen molar-refractivity contribution in [2.75, 3.05) is 25.7 Å². The molecule has 0 spiro atoms. The number of nitrogens with zero attached hydrogens (tertiary/aromatic N) is 3. The Morgan fingerprint density at radius 1 is 1.16 bits per heavy atom. The number of pyridine rings is 1. The van der Waals surface area contributed by atoms with E-state index in [1.165, 1.54) is 31.3 Å². The molecule has 3 aromatic rings. The molecule has 0 saturated carbocycles. The lowest BCUT2D eigenvalue weighted by Crippen LogP contribution is -2.52. The highest BCUT2D eigenvalue weighted by Crippen LogP contribution is 2.34. The second kappa shape index (κ2) is 8.91. The third kappa shape index (κ3) is 3.98. The number of aromatic nitrogens is 1. The third-order valence-electron chi connectivity index (χ3n) is 5.25. The second-order valence-electron chi connectivity index (χ2n) is 7.07. The fourth-order valence-corrected chi connectivity index (χ4v) is 4.16. The van der Waals surface area contributed by atoms with Crippen molar-refractivity contribution in [3.8, 4) is 11.5 Å². The minimum absolute atomic E-state index is 0.000127. The minimum atomic E-state index is -0.572. The van der Waals surface area contributed by atoms with Gasteiger partial charge in [0.05, 0.1) is 36.4 Å². The quantitative estimate of drug-likeness (QED) is 0.433. The first-order valence-corrected chi connectivity index (χ1v) is 10.8. The summed E-state index contributed by atoms with van der Waals surface area (Å²) < 4.78 is 25.5. The highest BCUT2D eigenvalue weighted by molar-refractivity contribution is 9.10. The van der Waals surface area contributed by atoms with Crippen LogP contribution in [0.3, 0.4) is 0 Å². The Morgan fingerprint density at radius 2 is 1.94 bits per heavy atom. The number of methoxy groups -OCH3 is 2. The van der Waals surface area contributed by atoms with E-state index in [1.54, 1.807) is 24.3 Å². The number of urea groups is 1. The lowest BCUT2D eigenvalue weighted by molar-refractivity contribution is -0.129. The molecule has 1 aliphatic heterocycles. The number of imide groups is 1. The molecule has 10 heteroatoms. The van der Waals surface area contributed by atoms with Crippen molar-refractivity contribution in [1.82, 2.24) is 9.88 Å². The first-order chi connectivity index (χ1) is 15.3. The van der Waals surface area contributed by atoms with E-state index in [-0.39, 0.29) is 46.1 Å². The Morgan fingerprint density at radius 3 is 2.66 bits per heavy atom. The minimum Gasteiger partial charge on any atom is -0.497 e. The molecule has 0 bridgehead atoms. The fourth-order valence-electron chi connectivity index (χ4n) is 3.56. The Kier molecular flexibility index (Phi) is 6.21. The number of carbonyl (C=O) groups is 2. The molecule has 1 aliphatic rings. The van der Waals surface area contributed by atoms with E-state index < -0.39 is 11.8 Å². The van der Waals surface area contributed by atoms with Crippen LogP contribution in [0.4, 0.5) is 14.9 Å². The SMILES string of the molecule is COc1ccc(CN2C(=O)CCN(c3cc4c(F)c(Br)ccc4nc3Cl)C2=O)c(OC)c1. The summed E-state index contributed by atoms with van der Waals surface area (Å²) >= 11 is 9.50. The highest BCUT2D eigenvalue weighted by atomic mass is 79.9. The van der Waals surface area contributed by atoms with Gasteiger partial charge in [-0.1, -0.05) is 11.6 Å². The van der Waals surface area contributed by atoms with E-state index in [4.69, 9.17) is 21.1 Å². The van der Waals surface area contributed by atoms with Crippen LogP contribution in [0.15, 0.2) is 40.9 Å². The first kappa shape index (κ1) is 22.3. The predicted octanol–water partition coefficient (Wildman–Crippen LogP) is 5.17. The Hall–Kier alpha value is -2.91. The molecule has 0 atom stereocenters. The molecule has 1 fully saturated rings. The molecule has 0 aliphatic carbocycles. The van der Waals surface area contributed by atoms with Gasteiger partial charge in [-0.3, -0.25) is 14.6 Å². The number of carbonyl (C=O) groups excluding carboxylic acids is 2. The zero-order valence-corrected chi connectivity index (χ0v) is 19.5. The van der Waals surface area contributed by atoms with Gasteiger partial charge in [0.1, 0.15) is 17.3 Å². The molecule has 0 radical (unpaired) electrons. The number of amides is 3. The van der Waals surface area contributed by atoms with Crippen LogP contribution in [-0.4, -0.2) is 42.6 Å². The largest absolute Gasteiger partial charge is 0.497 e. The fraction of sp³-hybridized carbons (Fsp3) is 0.227. The van der Waals surface area contributed by atoms with Crippen LogP contribution in [-0.2, 0) is 11.3 Å². The molecule has 0 N–H and O–H groups in total. The summed E-state index contributed by atoms with van der Waals surface area (Å²) in [5.74, 6) is 0.237. The van der Waals surface area contributed by atoms with Gasteiger partial charge in [0.15, 0.2) is 5.15 Å². The maximum Gasteiger partial charge on any atom is 0.331 e. The Balaban J connectivity index is 1.70. The van der Waals surface area contributed by atoms with Crippen LogP contribution >= 0.6 is 27.5 Å². The molecule has 2 heterocycles. The van der Waals surface area contributed by atoms with Crippen LogP contribution < -0.4 is 14.4 Å². The van der Waals surface area contributed by atoms with Crippen LogP contribution in [0.2, 0.25) is 5.15 Å². The molecule has 2 aromatic carbocycles. The Labute approximate surface area is 196 Å². The first-order valence-electron chi connectivity index (χ1n) is 9.61. The van der Waals surface area contributed by atoms with Crippen LogP contribution in [0, 0.1) is 5.82 Å². The van der Waals surface area contributed by atoms with Crippen LogP contribution in [0.25, 0.3) is 10.9 Å². The number of benzene rings is 2. The van der Waals surface area contributed by atoms with E-state index >= 15 is 0 Å². The van der Waals surface area contributed by atoms with E-state index in [9.17, 15) is 14.0 Å². The molecular formula is C22H18BrClFN3O4. The van der Waals surface area contributed by atoms with Crippen molar-refractivity contribution in [1.29, 1.82) is 0 Å². The molecule has 166 valence electrons. The van der Waals surface area contributed by atoms with E-state index in [0.29, 0.717) is 22.6 Å². The molecule has 7 nitrogen and oxygen atoms in total. The molecule has 32 heavy (non-hydrogen) atoms. The maximum absolute atomic E-state index is 14.6. The summed E-state index contributed by atoms with van der Waals surface area (Å²) in [6.07, 6.45) is 0.0829. The molecular weight excluding hydrogens is 505 g/mol. The molecule has 4 rings (SSSR count). The summed E-state index contributed by atoms with van der Waals surface area (Å²) in [6, 6.07) is 9.20. The third-order valence-corrected chi connectivity index (χ3v) is 6.14. The number of hydrogen-bond acceptors (Lipinski definition) is 5. The van der Waals surface area contributed by atoms with Crippen LogP contribution in [0.5, 0.6) is 11.5 Å². The molecule has 1 saturated heterocycles. The van der Waals surface area contributed by atoms with Gasteiger partial charge in [-0.2, -0.15) is 0 Å². The number of anilines is 1. The van der Waals surface area contributed by atoms with Crippen LogP contribution in [0.1, 0.15) is 12.0 Å². The summed E-state index contributed by atoms with van der Waals surface area (Å²) in [5, 5.41) is 0.260. The molecule has 0 unspecified atom stereocenters. The van der Waals surface area contributed by atoms with Gasteiger partial charge < -0.3 is 9.47 Å². The van der Waals surface area contributed by atoms with Crippen molar-refractivity contribution < 1.29 is 23.5 Å². The van der Waals surface area contributed by atoms with Gasteiger partial charge >= 0.3 is 6.03 Å².